The number of carbonyl (C=O) groups is 2. The summed E-state index contributed by atoms with van der Waals surface area (Å²) < 4.78 is 5.18. The van der Waals surface area contributed by atoms with Gasteiger partial charge in [0.1, 0.15) is 5.60 Å². The molecule has 0 spiro atoms. The van der Waals surface area contributed by atoms with E-state index in [1.807, 2.05) is 27.7 Å². The molecule has 1 heterocycles. The molecule has 0 fully saturated rings. The molecule has 21 heavy (non-hydrogen) atoms. The minimum Gasteiger partial charge on any atom is -0.481 e. The number of aromatic nitrogens is 1. The molecule has 1 amide bonds. The lowest BCUT2D eigenvalue weighted by molar-refractivity contribution is -0.136. The zero-order valence-corrected chi connectivity index (χ0v) is 13.6. The first-order valence-corrected chi connectivity index (χ1v) is 7.62. The van der Waals surface area contributed by atoms with Crippen molar-refractivity contribution >= 4 is 23.4 Å². The van der Waals surface area contributed by atoms with E-state index in [0.29, 0.717) is 12.8 Å². The molecule has 1 aromatic heterocycles. The fourth-order valence-corrected chi connectivity index (χ4v) is 2.66. The average molecular weight is 314 g/mol. The topological polar surface area (TPSA) is 88.5 Å². The number of alkyl carbamates (subject to hydrolysis) is 1. The summed E-state index contributed by atoms with van der Waals surface area (Å²) in [6, 6.07) is -0.0988. The van der Waals surface area contributed by atoms with Gasteiger partial charge in [0.25, 0.3) is 0 Å². The Balaban J connectivity index is 2.42. The number of hydrogen-bond acceptors (Lipinski definition) is 5. The largest absolute Gasteiger partial charge is 0.481 e. The third-order valence-electron chi connectivity index (χ3n) is 2.43. The molecule has 0 aliphatic rings. The van der Waals surface area contributed by atoms with Gasteiger partial charge in [0, 0.05) is 23.5 Å². The lowest BCUT2D eigenvalue weighted by Crippen LogP contribution is -2.38. The number of carbonyl (C=O) groups excluding carboxylic acids is 1. The third-order valence-corrected chi connectivity index (χ3v) is 3.51. The van der Waals surface area contributed by atoms with E-state index in [4.69, 9.17) is 9.84 Å². The molecule has 0 aromatic carbocycles. The van der Waals surface area contributed by atoms with Crippen molar-refractivity contribution in [1.82, 2.24) is 10.3 Å². The summed E-state index contributed by atoms with van der Waals surface area (Å²) >= 11 is 1.48. The van der Waals surface area contributed by atoms with Crippen LogP contribution in [0.25, 0.3) is 0 Å². The molecule has 0 aliphatic carbocycles. The predicted molar refractivity (Wildman–Crippen MR) is 80.6 cm³/mol. The van der Waals surface area contributed by atoms with Crippen LogP contribution in [0.15, 0.2) is 6.20 Å². The minimum absolute atomic E-state index is 0.0988. The Morgan fingerprint density at radius 1 is 1.48 bits per heavy atom. The highest BCUT2D eigenvalue weighted by molar-refractivity contribution is 7.11. The number of amides is 1. The van der Waals surface area contributed by atoms with Gasteiger partial charge >= 0.3 is 12.1 Å². The lowest BCUT2D eigenvalue weighted by Gasteiger charge is -2.21. The number of carboxylic acid groups (broad SMARTS) is 1. The summed E-state index contributed by atoms with van der Waals surface area (Å²) in [5.74, 6) is -0.815. The number of hydrogen-bond donors (Lipinski definition) is 2. The van der Waals surface area contributed by atoms with Crippen LogP contribution < -0.4 is 5.32 Å². The van der Waals surface area contributed by atoms with Crippen LogP contribution in [0.3, 0.4) is 0 Å². The maximum Gasteiger partial charge on any atom is 0.407 e. The number of nitrogens with zero attached hydrogens (tertiary/aromatic N) is 1. The monoisotopic (exact) mass is 314 g/mol. The molecule has 0 bridgehead atoms. The van der Waals surface area contributed by atoms with Gasteiger partial charge in [-0.2, -0.15) is 0 Å². The van der Waals surface area contributed by atoms with Gasteiger partial charge in [-0.1, -0.05) is 0 Å². The molecule has 0 saturated heterocycles. The molecule has 6 nitrogen and oxygen atoms in total. The van der Waals surface area contributed by atoms with Gasteiger partial charge in [-0.05, 0) is 34.1 Å². The van der Waals surface area contributed by atoms with Crippen LogP contribution in [0.1, 0.15) is 44.0 Å². The number of rotatable bonds is 6. The van der Waals surface area contributed by atoms with Crippen LogP contribution >= 0.6 is 11.3 Å². The van der Waals surface area contributed by atoms with Gasteiger partial charge in [-0.3, -0.25) is 4.79 Å². The van der Waals surface area contributed by atoms with Crippen LogP contribution in [-0.4, -0.2) is 33.8 Å². The van der Waals surface area contributed by atoms with Crippen LogP contribution in [0.5, 0.6) is 0 Å². The number of aliphatic carboxylic acids is 1. The third kappa shape index (κ3) is 7.65. The number of aryl methyl sites for hydroxylation is 1. The van der Waals surface area contributed by atoms with Gasteiger partial charge in [-0.25, -0.2) is 9.78 Å². The highest BCUT2D eigenvalue weighted by Crippen LogP contribution is 2.16. The Kier molecular flexibility index (Phi) is 6.14. The second kappa shape index (κ2) is 7.40. The Morgan fingerprint density at radius 3 is 2.71 bits per heavy atom. The molecule has 0 radical (unpaired) electrons. The van der Waals surface area contributed by atoms with Crippen molar-refractivity contribution in [3.05, 3.63) is 16.1 Å². The van der Waals surface area contributed by atoms with Gasteiger partial charge in [0.2, 0.25) is 0 Å². The second-order valence-electron chi connectivity index (χ2n) is 5.87. The van der Waals surface area contributed by atoms with Gasteiger partial charge in [0.15, 0.2) is 0 Å². The standard InChI is InChI=1S/C14H22N2O4S/c1-9(16-13(19)20-14(2,3)4)7-11-15-8-10(21-11)5-6-12(17)18/h8-9H,5-7H2,1-4H3,(H,16,19)(H,17,18)/t9-/m1/s1. The van der Waals surface area contributed by atoms with E-state index < -0.39 is 17.7 Å². The van der Waals surface area contributed by atoms with Crippen LogP contribution in [-0.2, 0) is 22.4 Å². The molecule has 7 heteroatoms. The summed E-state index contributed by atoms with van der Waals surface area (Å²) in [6.07, 6.45) is 2.44. The van der Waals surface area contributed by atoms with Crippen LogP contribution in [0, 0.1) is 0 Å². The molecule has 0 saturated carbocycles. The molecular formula is C14H22N2O4S. The molecule has 0 aliphatic heterocycles. The van der Waals surface area contributed by atoms with Gasteiger partial charge in [0.05, 0.1) is 11.4 Å². The number of ether oxygens (including phenoxy) is 1. The van der Waals surface area contributed by atoms with E-state index in [1.54, 1.807) is 6.20 Å². The maximum absolute atomic E-state index is 11.6. The summed E-state index contributed by atoms with van der Waals surface area (Å²) in [5, 5.41) is 12.3. The summed E-state index contributed by atoms with van der Waals surface area (Å²) in [7, 11) is 0. The van der Waals surface area contributed by atoms with Crippen LogP contribution in [0.4, 0.5) is 4.79 Å². The number of thiazole rings is 1. The first-order chi connectivity index (χ1) is 9.65. The van der Waals surface area contributed by atoms with Crippen molar-refractivity contribution in [1.29, 1.82) is 0 Å². The molecule has 118 valence electrons. The molecular weight excluding hydrogens is 292 g/mol. The molecule has 1 atom stereocenters. The fourth-order valence-electron chi connectivity index (χ4n) is 1.61. The maximum atomic E-state index is 11.6. The van der Waals surface area contributed by atoms with Crippen molar-refractivity contribution in [2.24, 2.45) is 0 Å². The van der Waals surface area contributed by atoms with E-state index >= 15 is 0 Å². The van der Waals surface area contributed by atoms with Gasteiger partial charge < -0.3 is 15.2 Å². The zero-order chi connectivity index (χ0) is 16.0. The van der Waals surface area contributed by atoms with E-state index in [9.17, 15) is 9.59 Å². The van der Waals surface area contributed by atoms with Crippen molar-refractivity contribution in [3.63, 3.8) is 0 Å². The first-order valence-electron chi connectivity index (χ1n) is 6.80. The smallest absolute Gasteiger partial charge is 0.407 e. The van der Waals surface area contributed by atoms with E-state index in [1.165, 1.54) is 11.3 Å². The predicted octanol–water partition coefficient (Wildman–Crippen LogP) is 2.62. The second-order valence-corrected chi connectivity index (χ2v) is 7.07. The SMILES string of the molecule is C[C@H](Cc1ncc(CCC(=O)O)s1)NC(=O)OC(C)(C)C. The van der Waals surface area contributed by atoms with E-state index in [-0.39, 0.29) is 12.5 Å². The van der Waals surface area contributed by atoms with Gasteiger partial charge in [-0.15, -0.1) is 11.3 Å². The normalized spacial score (nSPS) is 12.8. The summed E-state index contributed by atoms with van der Waals surface area (Å²) in [5.41, 5.74) is -0.519. The summed E-state index contributed by atoms with van der Waals surface area (Å²) in [4.78, 5) is 27.3. The number of carboxylic acids is 1. The molecule has 1 rings (SSSR count). The Bertz CT molecular complexity index is 493. The Hall–Kier alpha value is -1.63. The van der Waals surface area contributed by atoms with Crippen LogP contribution in [0.2, 0.25) is 0 Å². The number of nitrogens with one attached hydrogen (secondary N) is 1. The Labute approximate surface area is 128 Å². The highest BCUT2D eigenvalue weighted by atomic mass is 32.1. The van der Waals surface area contributed by atoms with Crippen molar-refractivity contribution in [3.8, 4) is 0 Å². The minimum atomic E-state index is -0.815. The highest BCUT2D eigenvalue weighted by Gasteiger charge is 2.18. The molecule has 0 unspecified atom stereocenters. The quantitative estimate of drug-likeness (QED) is 0.842. The molecule has 1 aromatic rings. The first kappa shape index (κ1) is 17.4. The zero-order valence-electron chi connectivity index (χ0n) is 12.8. The average Bonchev–Trinajstić information content (AvgIpc) is 2.70. The van der Waals surface area contributed by atoms with Crippen molar-refractivity contribution in [2.75, 3.05) is 0 Å². The fraction of sp³-hybridized carbons (Fsp3) is 0.643. The van der Waals surface area contributed by atoms with Crippen molar-refractivity contribution < 1.29 is 19.4 Å². The lowest BCUT2D eigenvalue weighted by atomic mass is 10.2. The molecule has 2 N–H and O–H groups in total. The van der Waals surface area contributed by atoms with E-state index in [2.05, 4.69) is 10.3 Å². The Morgan fingerprint density at radius 2 is 2.14 bits per heavy atom. The van der Waals surface area contributed by atoms with Crippen molar-refractivity contribution in [2.45, 2.75) is 58.6 Å². The summed E-state index contributed by atoms with van der Waals surface area (Å²) in [6.45, 7) is 7.31. The van der Waals surface area contributed by atoms with E-state index in [0.717, 1.165) is 9.88 Å².